The van der Waals surface area contributed by atoms with Crippen molar-refractivity contribution >= 4 is 23.4 Å². The number of hydrogen-bond donors (Lipinski definition) is 1. The van der Waals surface area contributed by atoms with Gasteiger partial charge >= 0.3 is 5.82 Å². The first-order valence-electron chi connectivity index (χ1n) is 9.09. The highest BCUT2D eigenvalue weighted by Crippen LogP contribution is 2.37. The molecular weight excluding hydrogens is 410 g/mol. The molecule has 1 aliphatic heterocycles. The number of nitrogens with one attached hydrogen (secondary N) is 1. The van der Waals surface area contributed by atoms with Crippen molar-refractivity contribution in [3.05, 3.63) is 34.8 Å². The number of hydrogen-bond acceptors (Lipinski definition) is 11. The van der Waals surface area contributed by atoms with Gasteiger partial charge in [-0.2, -0.15) is 5.10 Å². The molecule has 12 nitrogen and oxygen atoms in total. The highest BCUT2D eigenvalue weighted by atomic mass is 32.2. The zero-order chi connectivity index (χ0) is 21.1. The lowest BCUT2D eigenvalue weighted by Gasteiger charge is -2.33. The molecule has 4 rings (SSSR count). The van der Waals surface area contributed by atoms with Crippen LogP contribution in [0.4, 0.5) is 11.6 Å². The van der Waals surface area contributed by atoms with E-state index in [1.54, 1.807) is 19.4 Å². The van der Waals surface area contributed by atoms with E-state index in [0.29, 0.717) is 33.1 Å². The van der Waals surface area contributed by atoms with Crippen LogP contribution in [0.5, 0.6) is 5.88 Å². The first-order chi connectivity index (χ1) is 14.5. The second-order valence-electron chi connectivity index (χ2n) is 6.53. The Hall–Kier alpha value is -3.32. The van der Waals surface area contributed by atoms with Crippen LogP contribution in [0.1, 0.15) is 0 Å². The van der Waals surface area contributed by atoms with Crippen LogP contribution in [0.25, 0.3) is 11.4 Å². The van der Waals surface area contributed by atoms with Gasteiger partial charge in [0, 0.05) is 32.4 Å². The number of ether oxygens (including phenoxy) is 1. The van der Waals surface area contributed by atoms with Crippen molar-refractivity contribution in [3.63, 3.8) is 0 Å². The van der Waals surface area contributed by atoms with Crippen LogP contribution in [0.15, 0.2) is 34.7 Å². The minimum absolute atomic E-state index is 0.324. The van der Waals surface area contributed by atoms with Crippen molar-refractivity contribution in [1.29, 1.82) is 0 Å². The summed E-state index contributed by atoms with van der Waals surface area (Å²) < 4.78 is 5.52. The molecule has 0 radical (unpaired) electrons. The summed E-state index contributed by atoms with van der Waals surface area (Å²) in [6, 6.07) is 1.79. The fourth-order valence-corrected chi connectivity index (χ4v) is 3.79. The summed E-state index contributed by atoms with van der Waals surface area (Å²) in [6.45, 7) is 3.40. The van der Waals surface area contributed by atoms with Gasteiger partial charge in [0.25, 0.3) is 5.88 Å². The lowest BCUT2D eigenvalue weighted by molar-refractivity contribution is -0.390. The van der Waals surface area contributed by atoms with Crippen molar-refractivity contribution in [3.8, 4) is 17.3 Å². The molecule has 1 fully saturated rings. The largest absolute Gasteiger partial charge is 0.478 e. The number of methoxy groups -OCH3 is 1. The lowest BCUT2D eigenvalue weighted by Crippen LogP contribution is -2.45. The number of piperazine rings is 1. The number of likely N-dealkylation sites (N-methyl/N-ethyl adjacent to an activating group) is 1. The average molecular weight is 429 g/mol. The first-order valence-corrected chi connectivity index (χ1v) is 9.90. The van der Waals surface area contributed by atoms with Gasteiger partial charge in [0.2, 0.25) is 5.03 Å². The molecule has 156 valence electrons. The Balaban J connectivity index is 1.76. The van der Waals surface area contributed by atoms with E-state index in [4.69, 9.17) is 9.72 Å². The molecule has 0 aliphatic carbocycles. The number of H-pyrrole nitrogens is 1. The van der Waals surface area contributed by atoms with Gasteiger partial charge in [-0.3, -0.25) is 10.1 Å². The summed E-state index contributed by atoms with van der Waals surface area (Å²) in [7, 11) is 3.62. The van der Waals surface area contributed by atoms with E-state index in [9.17, 15) is 10.1 Å². The molecule has 13 heteroatoms. The standard InChI is InChI=1S/C17H19N9O3S/c1-24-5-7-25(8-6-24)15-16(29-2)22-17(14(21-15)11-3-4-19-23-11)30-13-10-18-9-12(20-13)26(27)28/h3-4,9-10H,5-8H2,1-2H3,(H,19,23). The van der Waals surface area contributed by atoms with Gasteiger partial charge in [0.1, 0.15) is 22.6 Å². The second kappa shape index (κ2) is 8.59. The SMILES string of the molecule is COc1nc(Sc2cncc([N+](=O)[O-])n2)c(-c2cc[nH]n2)nc1N1CCN(C)CC1. The van der Waals surface area contributed by atoms with E-state index in [-0.39, 0.29) is 5.82 Å². The Labute approximate surface area is 175 Å². The maximum absolute atomic E-state index is 11.0. The van der Waals surface area contributed by atoms with Gasteiger partial charge in [-0.1, -0.05) is 0 Å². The molecule has 1 N–H and O–H groups in total. The molecule has 3 aromatic heterocycles. The number of aromatic nitrogens is 6. The second-order valence-corrected chi connectivity index (χ2v) is 7.54. The maximum atomic E-state index is 11.0. The van der Waals surface area contributed by atoms with Gasteiger partial charge in [0.15, 0.2) is 5.82 Å². The smallest absolute Gasteiger partial charge is 0.383 e. The summed E-state index contributed by atoms with van der Waals surface area (Å²) >= 11 is 1.12. The van der Waals surface area contributed by atoms with Gasteiger partial charge in [-0.15, -0.1) is 0 Å². The van der Waals surface area contributed by atoms with Gasteiger partial charge in [0.05, 0.1) is 13.3 Å². The van der Waals surface area contributed by atoms with Crippen molar-refractivity contribution in [1.82, 2.24) is 35.0 Å². The summed E-state index contributed by atoms with van der Waals surface area (Å²) in [5.41, 5.74) is 1.13. The van der Waals surface area contributed by atoms with Gasteiger partial charge < -0.3 is 24.7 Å². The van der Waals surface area contributed by atoms with E-state index in [2.05, 4.69) is 42.0 Å². The molecule has 0 spiro atoms. The number of anilines is 1. The third-order valence-corrected chi connectivity index (χ3v) is 5.43. The molecule has 0 unspecified atom stereocenters. The zero-order valence-corrected chi connectivity index (χ0v) is 17.2. The first kappa shape index (κ1) is 20.0. The van der Waals surface area contributed by atoms with E-state index in [1.807, 2.05) is 0 Å². The quantitative estimate of drug-likeness (QED) is 0.450. The van der Waals surface area contributed by atoms with Crippen LogP contribution in [0, 0.1) is 10.1 Å². The van der Waals surface area contributed by atoms with Crippen LogP contribution in [0.2, 0.25) is 0 Å². The number of nitro groups is 1. The summed E-state index contributed by atoms with van der Waals surface area (Å²) in [5.74, 6) is 0.674. The topological polar surface area (TPSA) is 139 Å². The summed E-state index contributed by atoms with van der Waals surface area (Å²) in [6.07, 6.45) is 4.23. The van der Waals surface area contributed by atoms with Crippen molar-refractivity contribution < 1.29 is 9.66 Å². The Morgan fingerprint density at radius 2 is 2.00 bits per heavy atom. The number of rotatable bonds is 6. The Bertz CT molecular complexity index is 1040. The monoisotopic (exact) mass is 429 g/mol. The molecule has 0 amide bonds. The predicted molar refractivity (Wildman–Crippen MR) is 109 cm³/mol. The minimum Gasteiger partial charge on any atom is -0.478 e. The number of nitrogens with zero attached hydrogens (tertiary/aromatic N) is 8. The Morgan fingerprint density at radius 3 is 2.67 bits per heavy atom. The maximum Gasteiger partial charge on any atom is 0.383 e. The molecule has 0 bridgehead atoms. The molecule has 0 aromatic carbocycles. The normalized spacial score (nSPS) is 14.7. The molecular formula is C17H19N9O3S. The van der Waals surface area contributed by atoms with E-state index in [1.165, 1.54) is 6.20 Å². The van der Waals surface area contributed by atoms with Crippen LogP contribution in [-0.2, 0) is 0 Å². The highest BCUT2D eigenvalue weighted by molar-refractivity contribution is 7.99. The summed E-state index contributed by atoms with van der Waals surface area (Å²) in [5, 5.41) is 18.8. The van der Waals surface area contributed by atoms with E-state index >= 15 is 0 Å². The molecule has 30 heavy (non-hydrogen) atoms. The van der Waals surface area contributed by atoms with Crippen LogP contribution in [0.3, 0.4) is 0 Å². The molecule has 4 heterocycles. The van der Waals surface area contributed by atoms with Gasteiger partial charge in [-0.05, 0) is 34.8 Å². The molecule has 0 saturated carbocycles. The molecule has 0 atom stereocenters. The average Bonchev–Trinajstić information content (AvgIpc) is 3.29. The fourth-order valence-electron chi connectivity index (χ4n) is 2.96. The fraction of sp³-hybridized carbons (Fsp3) is 0.353. The highest BCUT2D eigenvalue weighted by Gasteiger charge is 2.25. The van der Waals surface area contributed by atoms with Crippen molar-refractivity contribution in [2.75, 3.05) is 45.2 Å². The van der Waals surface area contributed by atoms with Crippen molar-refractivity contribution in [2.24, 2.45) is 0 Å². The Kier molecular flexibility index (Phi) is 5.72. The van der Waals surface area contributed by atoms with Crippen LogP contribution < -0.4 is 9.64 Å². The van der Waals surface area contributed by atoms with Gasteiger partial charge in [-0.25, -0.2) is 9.97 Å². The summed E-state index contributed by atoms with van der Waals surface area (Å²) in [4.78, 5) is 32.2. The molecule has 1 saturated heterocycles. The van der Waals surface area contributed by atoms with Crippen molar-refractivity contribution in [2.45, 2.75) is 10.1 Å². The van der Waals surface area contributed by atoms with E-state index < -0.39 is 4.92 Å². The zero-order valence-electron chi connectivity index (χ0n) is 16.3. The molecule has 3 aromatic rings. The minimum atomic E-state index is -0.589. The molecule has 1 aliphatic rings. The van der Waals surface area contributed by atoms with Crippen LogP contribution >= 0.6 is 11.8 Å². The number of aromatic amines is 1. The predicted octanol–water partition coefficient (Wildman–Crippen LogP) is 1.48. The third kappa shape index (κ3) is 4.16. The Morgan fingerprint density at radius 1 is 1.20 bits per heavy atom. The third-order valence-electron chi connectivity index (χ3n) is 4.54. The van der Waals surface area contributed by atoms with Crippen LogP contribution in [-0.4, -0.2) is 80.3 Å². The van der Waals surface area contributed by atoms with E-state index in [0.717, 1.165) is 44.1 Å². The lowest BCUT2D eigenvalue weighted by atomic mass is 10.3.